The number of phenols is 1. The van der Waals surface area contributed by atoms with Crippen LogP contribution in [0.3, 0.4) is 0 Å². The first-order valence-corrected chi connectivity index (χ1v) is 4.90. The normalized spacial score (nSPS) is 9.75. The summed E-state index contributed by atoms with van der Waals surface area (Å²) in [5.41, 5.74) is 1.97. The molecule has 0 aliphatic carbocycles. The Morgan fingerprint density at radius 2 is 1.75 bits per heavy atom. The molecule has 0 saturated heterocycles. The third-order valence-electron chi connectivity index (χ3n) is 2.22. The highest BCUT2D eigenvalue weighted by Crippen LogP contribution is 2.23. The summed E-state index contributed by atoms with van der Waals surface area (Å²) in [6, 6.07) is 14.5. The van der Waals surface area contributed by atoms with Gasteiger partial charge in [-0.3, -0.25) is 4.79 Å². The van der Waals surface area contributed by atoms with Gasteiger partial charge >= 0.3 is 0 Å². The minimum Gasteiger partial charge on any atom is -0.507 e. The Morgan fingerprint density at radius 3 is 2.38 bits per heavy atom. The maximum absolute atomic E-state index is 10.5. The Labute approximate surface area is 93.4 Å². The van der Waals surface area contributed by atoms with E-state index in [0.717, 1.165) is 11.4 Å². The summed E-state index contributed by atoms with van der Waals surface area (Å²) in [5, 5.41) is 12.6. The zero-order chi connectivity index (χ0) is 11.4. The maximum Gasteiger partial charge on any atom is 0.153 e. The van der Waals surface area contributed by atoms with E-state index in [1.807, 2.05) is 30.3 Å². The van der Waals surface area contributed by atoms with Crippen molar-refractivity contribution in [3.8, 4) is 5.75 Å². The van der Waals surface area contributed by atoms with Gasteiger partial charge in [0.15, 0.2) is 6.29 Å². The standard InChI is InChI=1S/C13H11NO2/c15-9-10-6-7-12(8-13(10)16)14-11-4-2-1-3-5-11/h1-9,14,16H. The molecule has 0 aliphatic rings. The number of aromatic hydroxyl groups is 1. The van der Waals surface area contributed by atoms with Crippen molar-refractivity contribution in [2.45, 2.75) is 0 Å². The van der Waals surface area contributed by atoms with Gasteiger partial charge in [0.05, 0.1) is 5.56 Å². The van der Waals surface area contributed by atoms with E-state index in [-0.39, 0.29) is 5.75 Å². The van der Waals surface area contributed by atoms with Crippen molar-refractivity contribution >= 4 is 17.7 Å². The Kier molecular flexibility index (Phi) is 2.87. The van der Waals surface area contributed by atoms with Crippen molar-refractivity contribution in [1.29, 1.82) is 0 Å². The highest BCUT2D eigenvalue weighted by molar-refractivity contribution is 5.80. The van der Waals surface area contributed by atoms with Crippen LogP contribution in [0.5, 0.6) is 5.75 Å². The number of benzene rings is 2. The Morgan fingerprint density at radius 1 is 1.00 bits per heavy atom. The van der Waals surface area contributed by atoms with Crippen molar-refractivity contribution < 1.29 is 9.90 Å². The second kappa shape index (κ2) is 4.49. The smallest absolute Gasteiger partial charge is 0.153 e. The third kappa shape index (κ3) is 2.20. The number of anilines is 2. The van der Waals surface area contributed by atoms with Gasteiger partial charge in [-0.15, -0.1) is 0 Å². The summed E-state index contributed by atoms with van der Waals surface area (Å²) >= 11 is 0. The Balaban J connectivity index is 2.23. The molecule has 0 spiro atoms. The number of rotatable bonds is 3. The Bertz CT molecular complexity index is 495. The number of para-hydroxylation sites is 1. The van der Waals surface area contributed by atoms with E-state index >= 15 is 0 Å². The largest absolute Gasteiger partial charge is 0.507 e. The van der Waals surface area contributed by atoms with Crippen LogP contribution in [0, 0.1) is 0 Å². The molecule has 0 amide bonds. The lowest BCUT2D eigenvalue weighted by atomic mass is 10.2. The van der Waals surface area contributed by atoms with Crippen molar-refractivity contribution in [1.82, 2.24) is 0 Å². The SMILES string of the molecule is O=Cc1ccc(Nc2ccccc2)cc1O. The molecule has 0 aromatic heterocycles. The molecular formula is C13H11NO2. The second-order valence-electron chi connectivity index (χ2n) is 3.38. The summed E-state index contributed by atoms with van der Waals surface area (Å²) in [6.45, 7) is 0. The van der Waals surface area contributed by atoms with Gasteiger partial charge < -0.3 is 10.4 Å². The summed E-state index contributed by atoms with van der Waals surface area (Å²) in [4.78, 5) is 10.5. The zero-order valence-electron chi connectivity index (χ0n) is 8.55. The summed E-state index contributed by atoms with van der Waals surface area (Å²) in [6.07, 6.45) is 0.627. The van der Waals surface area contributed by atoms with Crippen molar-refractivity contribution in [3.63, 3.8) is 0 Å². The van der Waals surface area contributed by atoms with Gasteiger partial charge in [0.1, 0.15) is 5.75 Å². The zero-order valence-corrected chi connectivity index (χ0v) is 8.55. The van der Waals surface area contributed by atoms with Gasteiger partial charge in [-0.25, -0.2) is 0 Å². The number of phenolic OH excluding ortho intramolecular Hbond substituents is 1. The average Bonchev–Trinajstić information content (AvgIpc) is 2.31. The van der Waals surface area contributed by atoms with Crippen molar-refractivity contribution in [2.75, 3.05) is 5.32 Å². The van der Waals surface area contributed by atoms with Gasteiger partial charge in [0.25, 0.3) is 0 Å². The number of carbonyl (C=O) groups excluding carboxylic acids is 1. The van der Waals surface area contributed by atoms with Crippen LogP contribution in [0.2, 0.25) is 0 Å². The number of hydrogen-bond acceptors (Lipinski definition) is 3. The topological polar surface area (TPSA) is 49.3 Å². The predicted octanol–water partition coefficient (Wildman–Crippen LogP) is 2.95. The number of aldehydes is 1. The molecule has 0 saturated carbocycles. The molecule has 2 aromatic rings. The molecule has 3 heteroatoms. The third-order valence-corrected chi connectivity index (χ3v) is 2.22. The predicted molar refractivity (Wildman–Crippen MR) is 63.2 cm³/mol. The van der Waals surface area contributed by atoms with E-state index in [1.54, 1.807) is 12.1 Å². The molecular weight excluding hydrogens is 202 g/mol. The molecule has 2 rings (SSSR count). The fraction of sp³-hybridized carbons (Fsp3) is 0. The van der Waals surface area contributed by atoms with Crippen molar-refractivity contribution in [3.05, 3.63) is 54.1 Å². The fourth-order valence-electron chi connectivity index (χ4n) is 1.41. The van der Waals surface area contributed by atoms with Gasteiger partial charge in [-0.05, 0) is 24.3 Å². The molecule has 80 valence electrons. The van der Waals surface area contributed by atoms with Crippen LogP contribution < -0.4 is 5.32 Å². The molecule has 0 radical (unpaired) electrons. The molecule has 3 nitrogen and oxygen atoms in total. The quantitative estimate of drug-likeness (QED) is 0.770. The lowest BCUT2D eigenvalue weighted by Gasteiger charge is -2.07. The average molecular weight is 213 g/mol. The van der Waals surface area contributed by atoms with Crippen LogP contribution in [-0.2, 0) is 0 Å². The lowest BCUT2D eigenvalue weighted by Crippen LogP contribution is -1.90. The molecule has 0 aliphatic heterocycles. The first kappa shape index (κ1) is 10.2. The fourth-order valence-corrected chi connectivity index (χ4v) is 1.41. The number of hydrogen-bond donors (Lipinski definition) is 2. The molecule has 0 unspecified atom stereocenters. The van der Waals surface area contributed by atoms with E-state index in [1.165, 1.54) is 6.07 Å². The van der Waals surface area contributed by atoms with Crippen LogP contribution in [0.1, 0.15) is 10.4 Å². The molecule has 0 heterocycles. The van der Waals surface area contributed by atoms with E-state index in [9.17, 15) is 9.90 Å². The Hall–Kier alpha value is -2.29. The highest BCUT2D eigenvalue weighted by atomic mass is 16.3. The van der Waals surface area contributed by atoms with Gasteiger partial charge in [-0.1, -0.05) is 18.2 Å². The van der Waals surface area contributed by atoms with Crippen LogP contribution >= 0.6 is 0 Å². The van der Waals surface area contributed by atoms with Crippen LogP contribution in [0.15, 0.2) is 48.5 Å². The monoisotopic (exact) mass is 213 g/mol. The molecule has 0 bridgehead atoms. The number of carbonyl (C=O) groups is 1. The minimum absolute atomic E-state index is 0.0177. The second-order valence-corrected chi connectivity index (χ2v) is 3.38. The van der Waals surface area contributed by atoms with E-state index in [4.69, 9.17) is 0 Å². The van der Waals surface area contributed by atoms with Crippen LogP contribution in [-0.4, -0.2) is 11.4 Å². The minimum atomic E-state index is -0.0177. The molecule has 2 N–H and O–H groups in total. The van der Waals surface area contributed by atoms with E-state index < -0.39 is 0 Å². The highest BCUT2D eigenvalue weighted by Gasteiger charge is 2.01. The van der Waals surface area contributed by atoms with Crippen LogP contribution in [0.4, 0.5) is 11.4 Å². The van der Waals surface area contributed by atoms with E-state index in [0.29, 0.717) is 11.8 Å². The van der Waals surface area contributed by atoms with E-state index in [2.05, 4.69) is 5.32 Å². The van der Waals surface area contributed by atoms with Gasteiger partial charge in [0, 0.05) is 17.4 Å². The first-order chi connectivity index (χ1) is 7.79. The molecule has 2 aromatic carbocycles. The summed E-state index contributed by atoms with van der Waals surface area (Å²) in [5.74, 6) is -0.0177. The summed E-state index contributed by atoms with van der Waals surface area (Å²) in [7, 11) is 0. The molecule has 16 heavy (non-hydrogen) atoms. The van der Waals surface area contributed by atoms with Crippen LogP contribution in [0.25, 0.3) is 0 Å². The summed E-state index contributed by atoms with van der Waals surface area (Å²) < 4.78 is 0. The number of nitrogens with one attached hydrogen (secondary N) is 1. The molecule has 0 atom stereocenters. The lowest BCUT2D eigenvalue weighted by molar-refractivity contribution is 0.112. The van der Waals surface area contributed by atoms with Gasteiger partial charge in [0.2, 0.25) is 0 Å². The van der Waals surface area contributed by atoms with Crippen molar-refractivity contribution in [2.24, 2.45) is 0 Å². The first-order valence-electron chi connectivity index (χ1n) is 4.90. The molecule has 0 fully saturated rings. The van der Waals surface area contributed by atoms with Gasteiger partial charge in [-0.2, -0.15) is 0 Å². The maximum atomic E-state index is 10.5.